The Balaban J connectivity index is 1.32. The normalized spacial score (nSPS) is 15.7. The molecule has 0 spiro atoms. The molecule has 3 aromatic carbocycles. The highest BCUT2D eigenvalue weighted by molar-refractivity contribution is 5.96. The molecule has 1 fully saturated rings. The summed E-state index contributed by atoms with van der Waals surface area (Å²) in [5.41, 5.74) is 5.47. The minimum absolute atomic E-state index is 0.0546. The van der Waals surface area contributed by atoms with Crippen molar-refractivity contribution in [3.05, 3.63) is 83.7 Å². The largest absolute Gasteiger partial charge is 0.497 e. The summed E-state index contributed by atoms with van der Waals surface area (Å²) >= 11 is 0. The minimum atomic E-state index is 0.0546. The lowest BCUT2D eigenvalue weighted by Gasteiger charge is -2.18. The van der Waals surface area contributed by atoms with Crippen LogP contribution in [0.5, 0.6) is 11.5 Å². The van der Waals surface area contributed by atoms with Crippen LogP contribution in [0.15, 0.2) is 66.7 Å². The number of benzene rings is 3. The van der Waals surface area contributed by atoms with Crippen LogP contribution in [0.2, 0.25) is 0 Å². The number of carbonyl (C=O) groups excluding carboxylic acids is 1. The van der Waals surface area contributed by atoms with Gasteiger partial charge in [-0.05, 0) is 79.9 Å². The number of ether oxygens (including phenoxy) is 2. The van der Waals surface area contributed by atoms with Crippen molar-refractivity contribution in [1.29, 1.82) is 0 Å². The van der Waals surface area contributed by atoms with E-state index >= 15 is 0 Å². The van der Waals surface area contributed by atoms with E-state index in [1.807, 2.05) is 53.4 Å². The molecule has 1 aromatic heterocycles. The highest BCUT2D eigenvalue weighted by Crippen LogP contribution is 2.34. The van der Waals surface area contributed by atoms with Gasteiger partial charge in [0.15, 0.2) is 0 Å². The van der Waals surface area contributed by atoms with E-state index in [0.717, 1.165) is 47.0 Å². The number of aromatic nitrogens is 2. The first-order chi connectivity index (χ1) is 17.0. The zero-order valence-electron chi connectivity index (χ0n) is 20.5. The maximum atomic E-state index is 13.0. The predicted molar refractivity (Wildman–Crippen MR) is 138 cm³/mol. The van der Waals surface area contributed by atoms with Gasteiger partial charge < -0.3 is 18.9 Å². The first kappa shape index (κ1) is 23.0. The molecule has 0 aliphatic carbocycles. The van der Waals surface area contributed by atoms with Gasteiger partial charge in [0.25, 0.3) is 0 Å². The molecule has 1 atom stereocenters. The second-order valence-corrected chi connectivity index (χ2v) is 9.16. The highest BCUT2D eigenvalue weighted by Gasteiger charge is 2.34. The van der Waals surface area contributed by atoms with E-state index in [2.05, 4.69) is 36.6 Å². The fourth-order valence-corrected chi connectivity index (χ4v) is 4.75. The third-order valence-electron chi connectivity index (χ3n) is 6.83. The molecule has 1 saturated heterocycles. The van der Waals surface area contributed by atoms with Gasteiger partial charge in [0, 0.05) is 31.1 Å². The summed E-state index contributed by atoms with van der Waals surface area (Å²) in [5.74, 6) is 2.83. The molecule has 5 rings (SSSR count). The van der Waals surface area contributed by atoms with Crippen LogP contribution in [-0.2, 0) is 11.3 Å². The van der Waals surface area contributed by atoms with Crippen LogP contribution in [-0.4, -0.2) is 35.7 Å². The lowest BCUT2D eigenvalue weighted by molar-refractivity contribution is -0.117. The van der Waals surface area contributed by atoms with Gasteiger partial charge in [0.1, 0.15) is 17.3 Å². The molecule has 0 N–H and O–H groups in total. The van der Waals surface area contributed by atoms with E-state index in [-0.39, 0.29) is 11.8 Å². The number of carbonyl (C=O) groups is 1. The Labute approximate surface area is 206 Å². The second kappa shape index (κ2) is 9.82. The van der Waals surface area contributed by atoms with Crippen LogP contribution in [0, 0.1) is 13.8 Å². The van der Waals surface area contributed by atoms with Gasteiger partial charge in [-0.3, -0.25) is 4.79 Å². The zero-order chi connectivity index (χ0) is 24.4. The molecule has 0 bridgehead atoms. The predicted octanol–water partition coefficient (Wildman–Crippen LogP) is 5.65. The molecule has 35 heavy (non-hydrogen) atoms. The summed E-state index contributed by atoms with van der Waals surface area (Å²) in [7, 11) is 1.65. The van der Waals surface area contributed by atoms with Crippen LogP contribution >= 0.6 is 0 Å². The summed E-state index contributed by atoms with van der Waals surface area (Å²) < 4.78 is 13.4. The number of amides is 1. The van der Waals surface area contributed by atoms with Gasteiger partial charge in [0.05, 0.1) is 24.8 Å². The van der Waals surface area contributed by atoms with Crippen molar-refractivity contribution >= 4 is 22.6 Å². The van der Waals surface area contributed by atoms with Crippen molar-refractivity contribution in [3.8, 4) is 11.5 Å². The number of para-hydroxylation sites is 2. The summed E-state index contributed by atoms with van der Waals surface area (Å²) in [4.78, 5) is 19.9. The van der Waals surface area contributed by atoms with Crippen molar-refractivity contribution in [1.82, 2.24) is 9.55 Å². The SMILES string of the molecule is COc1ccc(OCCCn2c([C@H]3CC(=O)N(c4ccc(C)c(C)c4)C3)nc3ccccc32)cc1. The molecule has 180 valence electrons. The topological polar surface area (TPSA) is 56.6 Å². The fourth-order valence-electron chi connectivity index (χ4n) is 4.75. The Kier molecular flexibility index (Phi) is 6.45. The quantitative estimate of drug-likeness (QED) is 0.313. The minimum Gasteiger partial charge on any atom is -0.497 e. The van der Waals surface area contributed by atoms with Gasteiger partial charge >= 0.3 is 0 Å². The molecular weight excluding hydrogens is 438 g/mol. The van der Waals surface area contributed by atoms with E-state index in [9.17, 15) is 4.79 Å². The van der Waals surface area contributed by atoms with Crippen LogP contribution < -0.4 is 14.4 Å². The third kappa shape index (κ3) is 4.74. The summed E-state index contributed by atoms with van der Waals surface area (Å²) in [5, 5.41) is 0. The van der Waals surface area contributed by atoms with Crippen molar-refractivity contribution in [2.75, 3.05) is 25.2 Å². The highest BCUT2D eigenvalue weighted by atomic mass is 16.5. The summed E-state index contributed by atoms with van der Waals surface area (Å²) in [6, 6.07) is 22.1. The Morgan fingerprint density at radius 1 is 0.971 bits per heavy atom. The lowest BCUT2D eigenvalue weighted by Crippen LogP contribution is -2.24. The van der Waals surface area contributed by atoms with E-state index in [1.165, 1.54) is 11.1 Å². The Hall–Kier alpha value is -3.80. The molecule has 6 heteroatoms. The molecule has 2 heterocycles. The first-order valence-corrected chi connectivity index (χ1v) is 12.1. The number of aryl methyl sites for hydroxylation is 3. The van der Waals surface area contributed by atoms with E-state index in [0.29, 0.717) is 19.6 Å². The van der Waals surface area contributed by atoms with Crippen molar-refractivity contribution < 1.29 is 14.3 Å². The number of imidazole rings is 1. The van der Waals surface area contributed by atoms with E-state index in [4.69, 9.17) is 14.5 Å². The third-order valence-corrected chi connectivity index (χ3v) is 6.83. The molecule has 1 amide bonds. The lowest BCUT2D eigenvalue weighted by atomic mass is 10.1. The summed E-state index contributed by atoms with van der Waals surface area (Å²) in [6.07, 6.45) is 1.31. The van der Waals surface area contributed by atoms with Gasteiger partial charge in [-0.25, -0.2) is 4.98 Å². The van der Waals surface area contributed by atoms with E-state index in [1.54, 1.807) is 7.11 Å². The van der Waals surface area contributed by atoms with Crippen LogP contribution in [0.3, 0.4) is 0 Å². The average Bonchev–Trinajstić information content (AvgIpc) is 3.44. The molecule has 1 aliphatic heterocycles. The van der Waals surface area contributed by atoms with Crippen LogP contribution in [0.1, 0.15) is 35.7 Å². The van der Waals surface area contributed by atoms with Crippen LogP contribution in [0.25, 0.3) is 11.0 Å². The summed E-state index contributed by atoms with van der Waals surface area (Å²) in [6.45, 7) is 6.20. The molecule has 0 unspecified atom stereocenters. The Bertz CT molecular complexity index is 1340. The molecule has 0 saturated carbocycles. The zero-order valence-corrected chi connectivity index (χ0v) is 20.5. The van der Waals surface area contributed by atoms with Gasteiger partial charge in [0.2, 0.25) is 5.91 Å². The van der Waals surface area contributed by atoms with Crippen molar-refractivity contribution in [2.45, 2.75) is 39.2 Å². The van der Waals surface area contributed by atoms with Crippen molar-refractivity contribution in [3.63, 3.8) is 0 Å². The van der Waals surface area contributed by atoms with Crippen LogP contribution in [0.4, 0.5) is 5.69 Å². The second-order valence-electron chi connectivity index (χ2n) is 9.16. The molecule has 6 nitrogen and oxygen atoms in total. The maximum Gasteiger partial charge on any atom is 0.227 e. The standard InChI is InChI=1S/C29H31N3O3/c1-20-9-10-23(17-21(20)2)32-19-22(18-28(32)33)29-30-26-7-4-5-8-27(26)31(29)15-6-16-35-25-13-11-24(34-3)12-14-25/h4-5,7-14,17,22H,6,15-16,18-19H2,1-3H3/t22-/m0/s1. The number of methoxy groups -OCH3 is 1. The number of rotatable bonds is 8. The number of fused-ring (bicyclic) bond motifs is 1. The maximum absolute atomic E-state index is 13.0. The number of hydrogen-bond donors (Lipinski definition) is 0. The molecule has 4 aromatic rings. The molecular formula is C29H31N3O3. The number of anilines is 1. The fraction of sp³-hybridized carbons (Fsp3) is 0.310. The molecule has 1 aliphatic rings. The first-order valence-electron chi connectivity index (χ1n) is 12.1. The van der Waals surface area contributed by atoms with E-state index < -0.39 is 0 Å². The molecule has 0 radical (unpaired) electrons. The van der Waals surface area contributed by atoms with Gasteiger partial charge in [-0.1, -0.05) is 18.2 Å². The smallest absolute Gasteiger partial charge is 0.227 e. The Morgan fingerprint density at radius 2 is 1.74 bits per heavy atom. The Morgan fingerprint density at radius 3 is 2.51 bits per heavy atom. The van der Waals surface area contributed by atoms with Gasteiger partial charge in [-0.15, -0.1) is 0 Å². The average molecular weight is 470 g/mol. The van der Waals surface area contributed by atoms with Gasteiger partial charge in [-0.2, -0.15) is 0 Å². The number of hydrogen-bond acceptors (Lipinski definition) is 4. The number of nitrogens with zero attached hydrogens (tertiary/aromatic N) is 3. The van der Waals surface area contributed by atoms with Crippen molar-refractivity contribution in [2.24, 2.45) is 0 Å². The monoisotopic (exact) mass is 469 g/mol.